The second-order valence-electron chi connectivity index (χ2n) is 4.37. The molecule has 0 aliphatic carbocycles. The molecule has 1 heteroatoms. The molecule has 2 rings (SSSR count). The predicted octanol–water partition coefficient (Wildman–Crippen LogP) is 5.87. The van der Waals surface area contributed by atoms with Crippen LogP contribution in [0.2, 0.25) is 0 Å². The average Bonchev–Trinajstić information content (AvgIpc) is 2.90. The van der Waals surface area contributed by atoms with E-state index in [9.17, 15) is 0 Å². The van der Waals surface area contributed by atoms with E-state index in [2.05, 4.69) is 69.0 Å². The van der Waals surface area contributed by atoms with Gasteiger partial charge in [0.25, 0.3) is 0 Å². The number of allylic oxidation sites excluding steroid dienone is 5. The minimum atomic E-state index is 1.24. The summed E-state index contributed by atoms with van der Waals surface area (Å²) in [4.78, 5) is 2.59. The second kappa shape index (κ2) is 6.35. The zero-order chi connectivity index (χ0) is 13.7. The van der Waals surface area contributed by atoms with Crippen LogP contribution in [0.4, 0.5) is 0 Å². The maximum Gasteiger partial charge on any atom is 0.0349 e. The molecule has 19 heavy (non-hydrogen) atoms. The number of thiophene rings is 1. The van der Waals surface area contributed by atoms with Crippen LogP contribution in [-0.4, -0.2) is 0 Å². The maximum absolute atomic E-state index is 3.71. The van der Waals surface area contributed by atoms with Gasteiger partial charge in [0.15, 0.2) is 0 Å². The van der Waals surface area contributed by atoms with Crippen LogP contribution in [0.5, 0.6) is 0 Å². The Bertz CT molecular complexity index is 609. The van der Waals surface area contributed by atoms with Crippen LogP contribution >= 0.6 is 11.3 Å². The van der Waals surface area contributed by atoms with Crippen LogP contribution in [0.25, 0.3) is 16.0 Å². The van der Waals surface area contributed by atoms with Crippen molar-refractivity contribution in [3.8, 4) is 10.4 Å². The van der Waals surface area contributed by atoms with E-state index in [1.807, 2.05) is 17.4 Å². The molecule has 0 spiro atoms. The van der Waals surface area contributed by atoms with Crippen LogP contribution in [0.3, 0.4) is 0 Å². The highest BCUT2D eigenvalue weighted by molar-refractivity contribution is 7.16. The summed E-state index contributed by atoms with van der Waals surface area (Å²) in [5.74, 6) is 0. The number of aryl methyl sites for hydroxylation is 1. The van der Waals surface area contributed by atoms with Gasteiger partial charge in [-0.2, -0.15) is 0 Å². The number of benzene rings is 1. The zero-order valence-electron chi connectivity index (χ0n) is 11.4. The molecule has 0 atom stereocenters. The zero-order valence-corrected chi connectivity index (χ0v) is 12.2. The lowest BCUT2D eigenvalue weighted by Gasteiger charge is -1.99. The van der Waals surface area contributed by atoms with Gasteiger partial charge >= 0.3 is 0 Å². The van der Waals surface area contributed by atoms with Crippen molar-refractivity contribution in [2.24, 2.45) is 0 Å². The lowest BCUT2D eigenvalue weighted by molar-refractivity contribution is 1.48. The van der Waals surface area contributed by atoms with Crippen LogP contribution in [0, 0.1) is 6.92 Å². The van der Waals surface area contributed by atoms with Gasteiger partial charge in [0, 0.05) is 9.75 Å². The molecule has 1 aromatic carbocycles. The summed E-state index contributed by atoms with van der Waals surface area (Å²) < 4.78 is 0. The van der Waals surface area contributed by atoms with E-state index in [1.54, 1.807) is 6.08 Å². The molecule has 1 heterocycles. The Kier molecular flexibility index (Phi) is 4.53. The Balaban J connectivity index is 2.30. The number of hydrogen-bond acceptors (Lipinski definition) is 1. The van der Waals surface area contributed by atoms with Gasteiger partial charge in [0.2, 0.25) is 0 Å². The molecular weight excluding hydrogens is 248 g/mol. The van der Waals surface area contributed by atoms with Gasteiger partial charge in [-0.25, -0.2) is 0 Å². The van der Waals surface area contributed by atoms with Gasteiger partial charge in [-0.1, -0.05) is 60.7 Å². The molecule has 0 aliphatic heterocycles. The van der Waals surface area contributed by atoms with Crippen molar-refractivity contribution in [3.63, 3.8) is 0 Å². The SMILES string of the molecule is C=C/C=C\C(=C/C)c1ccc(-c2ccc(C)cc2)s1. The molecule has 0 amide bonds. The molecule has 0 saturated heterocycles. The minimum absolute atomic E-state index is 1.24. The van der Waals surface area contributed by atoms with Gasteiger partial charge in [0.1, 0.15) is 0 Å². The topological polar surface area (TPSA) is 0 Å². The van der Waals surface area contributed by atoms with Gasteiger partial charge < -0.3 is 0 Å². The minimum Gasteiger partial charge on any atom is -0.135 e. The standard InChI is InChI=1S/C18H18S/c1-4-6-7-15(5-2)17-12-13-18(19-17)16-10-8-14(3)9-11-16/h4-13H,1H2,2-3H3/b7-6-,15-5+. The number of hydrogen-bond donors (Lipinski definition) is 0. The van der Waals surface area contributed by atoms with Gasteiger partial charge in [-0.15, -0.1) is 11.3 Å². The van der Waals surface area contributed by atoms with E-state index in [4.69, 9.17) is 0 Å². The summed E-state index contributed by atoms with van der Waals surface area (Å²) in [7, 11) is 0. The molecule has 2 aromatic rings. The third kappa shape index (κ3) is 3.33. The molecule has 0 unspecified atom stereocenters. The third-order valence-corrected chi connectivity index (χ3v) is 4.13. The van der Waals surface area contributed by atoms with E-state index in [1.165, 1.54) is 26.5 Å². The van der Waals surface area contributed by atoms with Crippen LogP contribution in [0.15, 0.2) is 67.3 Å². The summed E-state index contributed by atoms with van der Waals surface area (Å²) in [6, 6.07) is 13.0. The van der Waals surface area contributed by atoms with E-state index >= 15 is 0 Å². The van der Waals surface area contributed by atoms with Crippen molar-refractivity contribution in [2.45, 2.75) is 13.8 Å². The van der Waals surface area contributed by atoms with E-state index in [0.717, 1.165) is 0 Å². The molecular formula is C18H18S. The van der Waals surface area contributed by atoms with Crippen molar-refractivity contribution < 1.29 is 0 Å². The lowest BCUT2D eigenvalue weighted by atomic mass is 10.1. The Hall–Kier alpha value is -1.86. The largest absolute Gasteiger partial charge is 0.135 e. The van der Waals surface area contributed by atoms with Crippen molar-refractivity contribution in [1.29, 1.82) is 0 Å². The summed E-state index contributed by atoms with van der Waals surface area (Å²) >= 11 is 1.82. The molecule has 0 radical (unpaired) electrons. The third-order valence-electron chi connectivity index (χ3n) is 2.95. The molecule has 0 N–H and O–H groups in total. The first-order valence-electron chi connectivity index (χ1n) is 6.37. The van der Waals surface area contributed by atoms with E-state index < -0.39 is 0 Å². The number of rotatable bonds is 4. The second-order valence-corrected chi connectivity index (χ2v) is 5.45. The summed E-state index contributed by atoms with van der Waals surface area (Å²) in [5, 5.41) is 0. The first kappa shape index (κ1) is 13.6. The quantitative estimate of drug-likeness (QED) is 0.607. The lowest BCUT2D eigenvalue weighted by Crippen LogP contribution is -1.73. The molecule has 1 aromatic heterocycles. The van der Waals surface area contributed by atoms with Gasteiger partial charge in [0.05, 0.1) is 0 Å². The Morgan fingerprint density at radius 3 is 2.47 bits per heavy atom. The molecule has 0 nitrogen and oxygen atoms in total. The molecule has 0 bridgehead atoms. The molecule has 0 saturated carbocycles. The van der Waals surface area contributed by atoms with Crippen LogP contribution in [0.1, 0.15) is 17.4 Å². The first-order valence-corrected chi connectivity index (χ1v) is 7.19. The normalized spacial score (nSPS) is 12.0. The van der Waals surface area contributed by atoms with Gasteiger partial charge in [-0.05, 0) is 37.1 Å². The smallest absolute Gasteiger partial charge is 0.0349 e. The summed E-state index contributed by atoms with van der Waals surface area (Å²) in [6.07, 6.45) is 8.00. The molecule has 96 valence electrons. The van der Waals surface area contributed by atoms with Gasteiger partial charge in [-0.3, -0.25) is 0 Å². The molecule has 0 fully saturated rings. The Morgan fingerprint density at radius 2 is 1.84 bits per heavy atom. The summed E-state index contributed by atoms with van der Waals surface area (Å²) in [6.45, 7) is 7.89. The maximum atomic E-state index is 3.71. The average molecular weight is 266 g/mol. The Morgan fingerprint density at radius 1 is 1.11 bits per heavy atom. The Labute approximate surface area is 119 Å². The molecule has 0 aliphatic rings. The van der Waals surface area contributed by atoms with Crippen molar-refractivity contribution in [1.82, 2.24) is 0 Å². The first-order chi connectivity index (χ1) is 9.24. The fourth-order valence-corrected chi connectivity index (χ4v) is 2.93. The summed E-state index contributed by atoms with van der Waals surface area (Å²) in [5.41, 5.74) is 3.82. The fraction of sp³-hybridized carbons (Fsp3) is 0.111. The fourth-order valence-electron chi connectivity index (χ4n) is 1.86. The monoisotopic (exact) mass is 266 g/mol. The van der Waals surface area contributed by atoms with Crippen LogP contribution in [-0.2, 0) is 0 Å². The predicted molar refractivity (Wildman–Crippen MR) is 87.5 cm³/mol. The highest BCUT2D eigenvalue weighted by Crippen LogP contribution is 2.32. The van der Waals surface area contributed by atoms with Crippen LogP contribution < -0.4 is 0 Å². The van der Waals surface area contributed by atoms with E-state index in [0.29, 0.717) is 0 Å². The van der Waals surface area contributed by atoms with E-state index in [-0.39, 0.29) is 0 Å². The van der Waals surface area contributed by atoms with Crippen molar-refractivity contribution in [3.05, 3.63) is 77.7 Å². The highest BCUT2D eigenvalue weighted by Gasteiger charge is 2.04. The highest BCUT2D eigenvalue weighted by atomic mass is 32.1. The van der Waals surface area contributed by atoms with Crippen molar-refractivity contribution in [2.75, 3.05) is 0 Å². The van der Waals surface area contributed by atoms with Crippen molar-refractivity contribution >= 4 is 16.9 Å².